The summed E-state index contributed by atoms with van der Waals surface area (Å²) in [7, 11) is -3.02. The summed E-state index contributed by atoms with van der Waals surface area (Å²) in [6, 6.07) is 7.61. The Bertz CT molecular complexity index is 904. The highest BCUT2D eigenvalue weighted by Gasteiger charge is 2.29. The van der Waals surface area contributed by atoms with Gasteiger partial charge in [-0.25, -0.2) is 0 Å². The maximum Gasteiger partial charge on any atom is 0.296 e. The predicted octanol–water partition coefficient (Wildman–Crippen LogP) is 2.94. The van der Waals surface area contributed by atoms with Crippen LogP contribution in [0.2, 0.25) is 4.34 Å². The molecule has 0 N–H and O–H groups in total. The fourth-order valence-corrected chi connectivity index (χ4v) is 4.56. The normalized spacial score (nSPS) is 11.0. The second-order valence-corrected chi connectivity index (χ2v) is 7.74. The van der Waals surface area contributed by atoms with Gasteiger partial charge in [0.25, 0.3) is 15.7 Å². The Morgan fingerprint density at radius 1 is 1.39 bits per heavy atom. The topological polar surface area (TPSA) is 114 Å². The lowest BCUT2D eigenvalue weighted by molar-refractivity contribution is -0.384. The minimum absolute atomic E-state index is 0.0911. The average molecular weight is 374 g/mol. The largest absolute Gasteiger partial charge is 0.296 e. The average Bonchev–Trinajstić information content (AvgIpc) is 2.95. The third kappa shape index (κ3) is 3.27. The van der Waals surface area contributed by atoms with Gasteiger partial charge in [-0.1, -0.05) is 11.6 Å². The molecule has 8 nitrogen and oxygen atoms in total. The van der Waals surface area contributed by atoms with E-state index < -0.39 is 14.9 Å². The standard InChI is InChI=1S/C12H8ClN3O5S2/c1-21-16(23(19,20)12-5-4-11(13)22-12)10-3-2-9(15(17)18)6-8(10)7-14/h2-6H,1H3. The molecule has 0 aliphatic carbocycles. The van der Waals surface area contributed by atoms with E-state index in [1.165, 1.54) is 12.1 Å². The van der Waals surface area contributed by atoms with Crippen molar-refractivity contribution >= 4 is 44.3 Å². The van der Waals surface area contributed by atoms with Gasteiger partial charge < -0.3 is 0 Å². The van der Waals surface area contributed by atoms with E-state index in [0.717, 1.165) is 36.6 Å². The number of nitrogens with zero attached hydrogens (tertiary/aromatic N) is 3. The molecule has 2 aromatic rings. The zero-order chi connectivity index (χ0) is 17.2. The van der Waals surface area contributed by atoms with Crippen LogP contribution in [0.4, 0.5) is 11.4 Å². The Labute approximate surface area is 140 Å². The third-order valence-corrected chi connectivity index (χ3v) is 6.03. The molecule has 120 valence electrons. The van der Waals surface area contributed by atoms with E-state index >= 15 is 0 Å². The van der Waals surface area contributed by atoms with E-state index in [1.807, 2.05) is 0 Å². The van der Waals surface area contributed by atoms with Crippen LogP contribution in [-0.2, 0) is 14.9 Å². The number of nitro groups is 1. The summed E-state index contributed by atoms with van der Waals surface area (Å²) in [6.07, 6.45) is 0. The Balaban J connectivity index is 2.58. The second-order valence-electron chi connectivity index (χ2n) is 4.04. The molecule has 23 heavy (non-hydrogen) atoms. The number of anilines is 1. The smallest absolute Gasteiger partial charge is 0.262 e. The van der Waals surface area contributed by atoms with Gasteiger partial charge >= 0.3 is 0 Å². The number of rotatable bonds is 5. The minimum atomic E-state index is -4.12. The molecule has 0 spiro atoms. The number of halogens is 1. The van der Waals surface area contributed by atoms with Crippen LogP contribution in [0.1, 0.15) is 5.56 Å². The predicted molar refractivity (Wildman–Crippen MR) is 83.8 cm³/mol. The molecule has 0 amide bonds. The van der Waals surface area contributed by atoms with Crippen molar-refractivity contribution in [3.8, 4) is 6.07 Å². The lowest BCUT2D eigenvalue weighted by atomic mass is 10.2. The summed E-state index contributed by atoms with van der Waals surface area (Å²) >= 11 is 6.56. The molecule has 0 radical (unpaired) electrons. The number of thiophene rings is 1. The first-order valence-electron chi connectivity index (χ1n) is 5.84. The van der Waals surface area contributed by atoms with Crippen LogP contribution >= 0.6 is 22.9 Å². The van der Waals surface area contributed by atoms with Crippen LogP contribution in [0.25, 0.3) is 0 Å². The van der Waals surface area contributed by atoms with E-state index in [1.54, 1.807) is 6.07 Å². The molecule has 0 aliphatic heterocycles. The minimum Gasteiger partial charge on any atom is -0.262 e. The Morgan fingerprint density at radius 2 is 2.09 bits per heavy atom. The molecule has 0 atom stereocenters. The highest BCUT2D eigenvalue weighted by molar-refractivity contribution is 7.94. The highest BCUT2D eigenvalue weighted by atomic mass is 35.5. The molecule has 0 fully saturated rings. The van der Waals surface area contributed by atoms with Crippen molar-refractivity contribution in [2.24, 2.45) is 0 Å². The summed E-state index contributed by atoms with van der Waals surface area (Å²) < 4.78 is 25.8. The molecule has 1 aromatic heterocycles. The first kappa shape index (κ1) is 17.2. The number of benzene rings is 1. The molecule has 0 unspecified atom stereocenters. The molecule has 11 heteroatoms. The Kier molecular flexibility index (Phi) is 4.86. The maximum absolute atomic E-state index is 12.6. The number of nitriles is 1. The van der Waals surface area contributed by atoms with Crippen LogP contribution < -0.4 is 4.47 Å². The molecule has 0 bridgehead atoms. The lowest BCUT2D eigenvalue weighted by Gasteiger charge is -2.21. The summed E-state index contributed by atoms with van der Waals surface area (Å²) in [4.78, 5) is 15.0. The maximum atomic E-state index is 12.6. The van der Waals surface area contributed by atoms with Gasteiger partial charge in [-0.05, 0) is 18.2 Å². The quantitative estimate of drug-likeness (QED) is 0.588. The van der Waals surface area contributed by atoms with Gasteiger partial charge in [0.2, 0.25) is 0 Å². The van der Waals surface area contributed by atoms with Crippen LogP contribution in [0.3, 0.4) is 0 Å². The summed E-state index contributed by atoms with van der Waals surface area (Å²) in [5.41, 5.74) is -0.685. The third-order valence-electron chi connectivity index (χ3n) is 2.70. The molecule has 0 saturated carbocycles. The van der Waals surface area contributed by atoms with Crippen molar-refractivity contribution < 1.29 is 18.2 Å². The second kappa shape index (κ2) is 6.51. The molecule has 2 rings (SSSR count). The summed E-state index contributed by atoms with van der Waals surface area (Å²) in [6.45, 7) is 0. The van der Waals surface area contributed by atoms with E-state index in [9.17, 15) is 18.5 Å². The van der Waals surface area contributed by atoms with Gasteiger partial charge in [0.15, 0.2) is 0 Å². The lowest BCUT2D eigenvalue weighted by Crippen LogP contribution is -2.30. The molecule has 1 heterocycles. The van der Waals surface area contributed by atoms with Crippen LogP contribution in [-0.4, -0.2) is 20.5 Å². The number of sulfonamides is 1. The number of hydrogen-bond acceptors (Lipinski definition) is 7. The van der Waals surface area contributed by atoms with Gasteiger partial charge in [0.05, 0.1) is 21.9 Å². The molecular weight excluding hydrogens is 366 g/mol. The van der Waals surface area contributed by atoms with Gasteiger partial charge in [-0.3, -0.25) is 15.0 Å². The van der Waals surface area contributed by atoms with Crippen molar-refractivity contribution in [2.45, 2.75) is 4.21 Å². The summed E-state index contributed by atoms with van der Waals surface area (Å²) in [5.74, 6) is 0. The van der Waals surface area contributed by atoms with E-state index in [4.69, 9.17) is 21.7 Å². The summed E-state index contributed by atoms with van der Waals surface area (Å²) in [5, 5.41) is 19.9. The van der Waals surface area contributed by atoms with Crippen LogP contribution in [0.15, 0.2) is 34.5 Å². The van der Waals surface area contributed by atoms with E-state index in [0.29, 0.717) is 4.47 Å². The van der Waals surface area contributed by atoms with Gasteiger partial charge in [-0.15, -0.1) is 15.8 Å². The molecular formula is C12H8ClN3O5S2. The van der Waals surface area contributed by atoms with Crippen molar-refractivity contribution in [3.05, 3.63) is 50.3 Å². The highest BCUT2D eigenvalue weighted by Crippen LogP contribution is 2.33. The molecule has 1 aromatic carbocycles. The van der Waals surface area contributed by atoms with Gasteiger partial charge in [-0.2, -0.15) is 13.7 Å². The number of nitro benzene ring substituents is 1. The van der Waals surface area contributed by atoms with Crippen molar-refractivity contribution in [3.63, 3.8) is 0 Å². The first-order valence-corrected chi connectivity index (χ1v) is 8.48. The number of hydrogen-bond donors (Lipinski definition) is 0. The fraction of sp³-hybridized carbons (Fsp3) is 0.0833. The van der Waals surface area contributed by atoms with Crippen molar-refractivity contribution in [1.29, 1.82) is 5.26 Å². The SMILES string of the molecule is CON(c1ccc([N+](=O)[O-])cc1C#N)S(=O)(=O)c1ccc(Cl)s1. The van der Waals surface area contributed by atoms with Crippen LogP contribution in [0, 0.1) is 21.4 Å². The Morgan fingerprint density at radius 3 is 2.57 bits per heavy atom. The number of non-ortho nitro benzene ring substituents is 1. The Hall–Kier alpha value is -2.19. The van der Waals surface area contributed by atoms with E-state index in [2.05, 4.69) is 0 Å². The zero-order valence-electron chi connectivity index (χ0n) is 11.5. The van der Waals surface area contributed by atoms with E-state index in [-0.39, 0.29) is 25.5 Å². The zero-order valence-corrected chi connectivity index (χ0v) is 13.9. The van der Waals surface area contributed by atoms with Crippen LogP contribution in [0.5, 0.6) is 0 Å². The first-order chi connectivity index (χ1) is 10.8. The van der Waals surface area contributed by atoms with Crippen molar-refractivity contribution in [2.75, 3.05) is 11.6 Å². The molecule has 0 aliphatic rings. The molecule has 0 saturated heterocycles. The monoisotopic (exact) mass is 373 g/mol. The fourth-order valence-electron chi connectivity index (χ4n) is 1.73. The van der Waals surface area contributed by atoms with Gasteiger partial charge in [0.1, 0.15) is 16.0 Å². The van der Waals surface area contributed by atoms with Crippen molar-refractivity contribution in [1.82, 2.24) is 0 Å². The van der Waals surface area contributed by atoms with Gasteiger partial charge in [0, 0.05) is 12.1 Å².